The zero-order valence-corrected chi connectivity index (χ0v) is 23.5. The van der Waals surface area contributed by atoms with E-state index in [-0.39, 0.29) is 0 Å². The number of aliphatic carboxylic acids is 1. The fourth-order valence-corrected chi connectivity index (χ4v) is 4.14. The molecule has 0 saturated heterocycles. The molecule has 0 heterocycles. The summed E-state index contributed by atoms with van der Waals surface area (Å²) < 4.78 is 0. The first kappa shape index (κ1) is 34.6. The Labute approximate surface area is 209 Å². The molecule has 0 unspecified atom stereocenters. The Kier molecular flexibility index (Phi) is 33.0. The summed E-state index contributed by atoms with van der Waals surface area (Å²) >= 11 is 0. The van der Waals surface area contributed by atoms with Gasteiger partial charge in [-0.2, -0.15) is 0 Å². The Morgan fingerprint density at radius 1 is 0.515 bits per heavy atom. The first-order chi connectivity index (χ1) is 16.1. The molecule has 1 N–H and O–H groups in total. The van der Waals surface area contributed by atoms with Gasteiger partial charge in [0, 0.05) is 6.42 Å². The van der Waals surface area contributed by atoms with E-state index in [0.29, 0.717) is 6.42 Å². The summed E-state index contributed by atoms with van der Waals surface area (Å²) in [5.74, 6) is -0.653. The number of rotatable bonds is 25. The van der Waals surface area contributed by atoms with Crippen molar-refractivity contribution in [3.63, 3.8) is 0 Å². The van der Waals surface area contributed by atoms with E-state index in [2.05, 4.69) is 32.7 Å². The molecule has 0 rings (SSSR count). The third-order valence-corrected chi connectivity index (χ3v) is 6.68. The fourth-order valence-electron chi connectivity index (χ4n) is 4.14. The summed E-state index contributed by atoms with van der Waals surface area (Å²) in [6, 6.07) is 0. The molecule has 0 bridgehead atoms. The number of nitrogens with zero attached hydrogens (tertiary/aromatic N) is 1. The van der Waals surface area contributed by atoms with Gasteiger partial charge in [0.15, 0.2) is 0 Å². The second-order valence-corrected chi connectivity index (χ2v) is 10.1. The average molecular weight is 470 g/mol. The Morgan fingerprint density at radius 3 is 1.12 bits per heavy atom. The number of unbranched alkanes of at least 4 members (excludes halogenated alkanes) is 20. The van der Waals surface area contributed by atoms with Gasteiger partial charge < -0.3 is 10.0 Å². The minimum absolute atomic E-state index is 0.345. The standard InChI is InChI=1S/C18H36O2.C12H27N/c1-2-3-4-5-6-7-8-9-10-11-12-13-14-15-16-17-18(19)20;1-4-6-7-8-9-10-11-12-13(3)5-2/h2-17H2,1H3,(H,19,20);4-12H2,1-3H3. The number of carboxylic acid groups (broad SMARTS) is 1. The van der Waals surface area contributed by atoms with E-state index < -0.39 is 5.97 Å². The molecular formula is C30H63NO2. The van der Waals surface area contributed by atoms with Crippen molar-refractivity contribution in [3.8, 4) is 0 Å². The van der Waals surface area contributed by atoms with Gasteiger partial charge in [-0.15, -0.1) is 0 Å². The monoisotopic (exact) mass is 469 g/mol. The normalized spacial score (nSPS) is 10.9. The molecule has 0 aliphatic carbocycles. The first-order valence-electron chi connectivity index (χ1n) is 15.0. The van der Waals surface area contributed by atoms with Gasteiger partial charge in [-0.1, -0.05) is 149 Å². The Bertz CT molecular complexity index is 359. The summed E-state index contributed by atoms with van der Waals surface area (Å²) in [7, 11) is 2.21. The van der Waals surface area contributed by atoms with E-state index in [0.717, 1.165) is 12.8 Å². The molecule has 3 heteroatoms. The van der Waals surface area contributed by atoms with E-state index in [1.165, 1.54) is 142 Å². The number of carbonyl (C=O) groups is 1. The van der Waals surface area contributed by atoms with Crippen molar-refractivity contribution in [1.29, 1.82) is 0 Å². The Hall–Kier alpha value is -0.570. The average Bonchev–Trinajstić information content (AvgIpc) is 2.81. The maximum atomic E-state index is 10.3. The fraction of sp³-hybridized carbons (Fsp3) is 0.967. The molecule has 0 fully saturated rings. The summed E-state index contributed by atoms with van der Waals surface area (Å²) in [4.78, 5) is 12.7. The largest absolute Gasteiger partial charge is 0.481 e. The second kappa shape index (κ2) is 31.4. The quantitative estimate of drug-likeness (QED) is 0.135. The van der Waals surface area contributed by atoms with E-state index >= 15 is 0 Å². The molecule has 0 aliphatic heterocycles. The minimum Gasteiger partial charge on any atom is -0.481 e. The summed E-state index contributed by atoms with van der Waals surface area (Å²) in [6.07, 6.45) is 30.1. The minimum atomic E-state index is -0.653. The lowest BCUT2D eigenvalue weighted by Gasteiger charge is -2.12. The van der Waals surface area contributed by atoms with Crippen molar-refractivity contribution >= 4 is 5.97 Å². The molecule has 3 nitrogen and oxygen atoms in total. The lowest BCUT2D eigenvalue weighted by Crippen LogP contribution is -2.18. The zero-order valence-electron chi connectivity index (χ0n) is 23.5. The van der Waals surface area contributed by atoms with Crippen molar-refractivity contribution < 1.29 is 9.90 Å². The van der Waals surface area contributed by atoms with Crippen LogP contribution in [-0.4, -0.2) is 36.1 Å². The van der Waals surface area contributed by atoms with Gasteiger partial charge in [-0.3, -0.25) is 4.79 Å². The molecule has 0 saturated carbocycles. The molecule has 0 amide bonds. The molecule has 0 aliphatic rings. The Balaban J connectivity index is 0. The summed E-state index contributed by atoms with van der Waals surface area (Å²) in [6.45, 7) is 9.24. The smallest absolute Gasteiger partial charge is 0.303 e. The van der Waals surface area contributed by atoms with Crippen LogP contribution in [-0.2, 0) is 4.79 Å². The van der Waals surface area contributed by atoms with Crippen molar-refractivity contribution in [2.45, 2.75) is 168 Å². The lowest BCUT2D eigenvalue weighted by atomic mass is 10.0. The van der Waals surface area contributed by atoms with Crippen LogP contribution in [0, 0.1) is 0 Å². The third-order valence-electron chi connectivity index (χ3n) is 6.68. The van der Waals surface area contributed by atoms with Crippen LogP contribution < -0.4 is 0 Å². The van der Waals surface area contributed by atoms with E-state index in [1.54, 1.807) is 0 Å². The molecule has 200 valence electrons. The van der Waals surface area contributed by atoms with Gasteiger partial charge in [0.2, 0.25) is 0 Å². The number of hydrogen-bond acceptors (Lipinski definition) is 2. The molecular weight excluding hydrogens is 406 g/mol. The predicted molar refractivity (Wildman–Crippen MR) is 148 cm³/mol. The van der Waals surface area contributed by atoms with Gasteiger partial charge in [-0.25, -0.2) is 0 Å². The van der Waals surface area contributed by atoms with Crippen LogP contribution in [0.5, 0.6) is 0 Å². The highest BCUT2D eigenvalue weighted by atomic mass is 16.4. The van der Waals surface area contributed by atoms with E-state index in [9.17, 15) is 4.79 Å². The third kappa shape index (κ3) is 36.2. The lowest BCUT2D eigenvalue weighted by molar-refractivity contribution is -0.137. The molecule has 33 heavy (non-hydrogen) atoms. The maximum absolute atomic E-state index is 10.3. The maximum Gasteiger partial charge on any atom is 0.303 e. The van der Waals surface area contributed by atoms with Crippen LogP contribution in [0.1, 0.15) is 168 Å². The van der Waals surface area contributed by atoms with Crippen LogP contribution >= 0.6 is 0 Å². The van der Waals surface area contributed by atoms with Crippen molar-refractivity contribution in [2.75, 3.05) is 20.1 Å². The highest BCUT2D eigenvalue weighted by Gasteiger charge is 1.97. The number of carboxylic acids is 1. The predicted octanol–water partition coefficient (Wildman–Crippen LogP) is 10.0. The van der Waals surface area contributed by atoms with Crippen molar-refractivity contribution in [2.24, 2.45) is 0 Å². The van der Waals surface area contributed by atoms with E-state index in [4.69, 9.17) is 5.11 Å². The first-order valence-corrected chi connectivity index (χ1v) is 15.0. The van der Waals surface area contributed by atoms with Crippen molar-refractivity contribution in [1.82, 2.24) is 4.90 Å². The molecule has 0 atom stereocenters. The van der Waals surface area contributed by atoms with Crippen LogP contribution in [0.4, 0.5) is 0 Å². The molecule has 0 spiro atoms. The van der Waals surface area contributed by atoms with E-state index in [1.807, 2.05) is 0 Å². The van der Waals surface area contributed by atoms with Crippen molar-refractivity contribution in [3.05, 3.63) is 0 Å². The SMILES string of the molecule is CCCCCCCCCCCCCCCCCC(=O)O.CCCCCCCCCN(C)CC. The van der Waals surface area contributed by atoms with Crippen LogP contribution in [0.25, 0.3) is 0 Å². The summed E-state index contributed by atoms with van der Waals surface area (Å²) in [5, 5.41) is 8.52. The number of hydrogen-bond donors (Lipinski definition) is 1. The topological polar surface area (TPSA) is 40.5 Å². The Morgan fingerprint density at radius 2 is 0.818 bits per heavy atom. The summed E-state index contributed by atoms with van der Waals surface area (Å²) in [5.41, 5.74) is 0. The highest BCUT2D eigenvalue weighted by molar-refractivity contribution is 5.66. The van der Waals surface area contributed by atoms with Gasteiger partial charge in [0.25, 0.3) is 0 Å². The van der Waals surface area contributed by atoms with Crippen LogP contribution in [0.15, 0.2) is 0 Å². The van der Waals surface area contributed by atoms with Gasteiger partial charge in [0.05, 0.1) is 0 Å². The van der Waals surface area contributed by atoms with Gasteiger partial charge in [0.1, 0.15) is 0 Å². The van der Waals surface area contributed by atoms with Gasteiger partial charge >= 0.3 is 5.97 Å². The zero-order chi connectivity index (χ0) is 24.8. The molecule has 0 aromatic rings. The van der Waals surface area contributed by atoms with Crippen LogP contribution in [0.3, 0.4) is 0 Å². The molecule has 0 radical (unpaired) electrons. The van der Waals surface area contributed by atoms with Gasteiger partial charge in [-0.05, 0) is 33.0 Å². The highest BCUT2D eigenvalue weighted by Crippen LogP contribution is 2.13. The molecule has 0 aromatic carbocycles. The van der Waals surface area contributed by atoms with Crippen LogP contribution in [0.2, 0.25) is 0 Å². The molecule has 0 aromatic heterocycles. The second-order valence-electron chi connectivity index (χ2n) is 10.1.